The zero-order valence-corrected chi connectivity index (χ0v) is 14.1. The van der Waals surface area contributed by atoms with E-state index >= 15 is 0 Å². The quantitative estimate of drug-likeness (QED) is 0.914. The molecule has 3 nitrogen and oxygen atoms in total. The van der Waals surface area contributed by atoms with Gasteiger partial charge in [0.1, 0.15) is 0 Å². The van der Waals surface area contributed by atoms with E-state index in [9.17, 15) is 4.79 Å². The first kappa shape index (κ1) is 15.3. The first-order valence-corrected chi connectivity index (χ1v) is 8.34. The van der Waals surface area contributed by atoms with Gasteiger partial charge in [-0.25, -0.2) is 0 Å². The van der Waals surface area contributed by atoms with E-state index in [0.29, 0.717) is 6.04 Å². The summed E-state index contributed by atoms with van der Waals surface area (Å²) < 4.78 is 0. The zero-order chi connectivity index (χ0) is 15.9. The van der Waals surface area contributed by atoms with Crippen LogP contribution in [0.25, 0.3) is 10.9 Å². The summed E-state index contributed by atoms with van der Waals surface area (Å²) in [5.74, 6) is 0. The fraction of sp³-hybridized carbons (Fsp3) is 0.526. The largest absolute Gasteiger partial charge is 0.358 e. The van der Waals surface area contributed by atoms with Crippen molar-refractivity contribution in [2.75, 3.05) is 6.54 Å². The van der Waals surface area contributed by atoms with Crippen molar-refractivity contribution >= 4 is 10.9 Å². The maximum atomic E-state index is 12.9. The van der Waals surface area contributed by atoms with E-state index in [1.54, 1.807) is 0 Å². The molecular weight excluding hydrogens is 272 g/mol. The van der Waals surface area contributed by atoms with Crippen molar-refractivity contribution in [1.29, 1.82) is 0 Å². The van der Waals surface area contributed by atoms with Crippen molar-refractivity contribution < 1.29 is 0 Å². The average Bonchev–Trinajstić information content (AvgIpc) is 2.49. The van der Waals surface area contributed by atoms with Crippen LogP contribution < -0.4 is 5.43 Å². The van der Waals surface area contributed by atoms with Crippen LogP contribution >= 0.6 is 0 Å². The van der Waals surface area contributed by atoms with E-state index in [0.717, 1.165) is 35.2 Å². The number of rotatable bonds is 2. The van der Waals surface area contributed by atoms with Crippen molar-refractivity contribution in [3.8, 4) is 0 Å². The monoisotopic (exact) mass is 298 g/mol. The van der Waals surface area contributed by atoms with E-state index in [-0.39, 0.29) is 5.43 Å². The van der Waals surface area contributed by atoms with Gasteiger partial charge in [0.15, 0.2) is 5.43 Å². The van der Waals surface area contributed by atoms with Gasteiger partial charge in [0.25, 0.3) is 0 Å². The predicted octanol–water partition coefficient (Wildman–Crippen LogP) is 3.83. The predicted molar refractivity (Wildman–Crippen MR) is 92.5 cm³/mol. The SMILES string of the molecule is Cc1ccc2c(=O)c(CN3CCCC[C@@H]3C)c(C)[nH]c2c1C. The van der Waals surface area contributed by atoms with Gasteiger partial charge in [-0.15, -0.1) is 0 Å². The lowest BCUT2D eigenvalue weighted by Gasteiger charge is -2.33. The highest BCUT2D eigenvalue weighted by atomic mass is 16.1. The average molecular weight is 298 g/mol. The molecule has 1 aliphatic heterocycles. The maximum absolute atomic E-state index is 12.9. The molecule has 1 saturated heterocycles. The molecule has 0 radical (unpaired) electrons. The summed E-state index contributed by atoms with van der Waals surface area (Å²) in [5.41, 5.74) is 5.55. The van der Waals surface area contributed by atoms with Crippen LogP contribution in [-0.2, 0) is 6.54 Å². The molecule has 2 aromatic rings. The summed E-state index contributed by atoms with van der Waals surface area (Å²) in [5, 5.41) is 0.827. The van der Waals surface area contributed by atoms with E-state index in [1.165, 1.54) is 30.4 Å². The smallest absolute Gasteiger partial charge is 0.194 e. The number of likely N-dealkylation sites (tertiary alicyclic amines) is 1. The number of benzene rings is 1. The van der Waals surface area contributed by atoms with Gasteiger partial charge in [-0.05, 0) is 64.3 Å². The molecule has 1 aliphatic rings. The van der Waals surface area contributed by atoms with Crippen LogP contribution in [-0.4, -0.2) is 22.5 Å². The maximum Gasteiger partial charge on any atom is 0.194 e. The van der Waals surface area contributed by atoms with Gasteiger partial charge >= 0.3 is 0 Å². The molecule has 0 bridgehead atoms. The number of nitrogens with one attached hydrogen (secondary N) is 1. The van der Waals surface area contributed by atoms with Gasteiger partial charge in [-0.2, -0.15) is 0 Å². The van der Waals surface area contributed by atoms with Gasteiger partial charge in [0, 0.05) is 29.2 Å². The number of aryl methyl sites for hydroxylation is 3. The lowest BCUT2D eigenvalue weighted by molar-refractivity contribution is 0.152. The van der Waals surface area contributed by atoms with Crippen LogP contribution in [0.5, 0.6) is 0 Å². The molecule has 2 heterocycles. The molecule has 1 fully saturated rings. The third kappa shape index (κ3) is 2.58. The van der Waals surface area contributed by atoms with E-state index in [1.807, 2.05) is 13.0 Å². The van der Waals surface area contributed by atoms with Gasteiger partial charge in [0.2, 0.25) is 0 Å². The summed E-state index contributed by atoms with van der Waals surface area (Å²) in [6.07, 6.45) is 3.79. The molecule has 1 aromatic heterocycles. The zero-order valence-electron chi connectivity index (χ0n) is 14.1. The second kappa shape index (κ2) is 5.88. The summed E-state index contributed by atoms with van der Waals surface area (Å²) >= 11 is 0. The van der Waals surface area contributed by atoms with E-state index in [4.69, 9.17) is 0 Å². The Hall–Kier alpha value is -1.61. The number of nitrogens with zero attached hydrogens (tertiary/aromatic N) is 1. The number of piperidine rings is 1. The topological polar surface area (TPSA) is 36.1 Å². The number of fused-ring (bicyclic) bond motifs is 1. The first-order chi connectivity index (χ1) is 10.5. The minimum absolute atomic E-state index is 0.201. The standard InChI is InChI=1S/C19H26N2O/c1-12-8-9-16-18(14(12)3)20-15(4)17(19(16)22)11-21-10-6-5-7-13(21)2/h8-9,13H,5-7,10-11H2,1-4H3,(H,20,22)/t13-/m0/s1. The lowest BCUT2D eigenvalue weighted by atomic mass is 10.00. The minimum atomic E-state index is 0.201. The van der Waals surface area contributed by atoms with Crippen LogP contribution in [0.2, 0.25) is 0 Å². The van der Waals surface area contributed by atoms with Crippen molar-refractivity contribution in [2.24, 2.45) is 0 Å². The molecule has 1 aromatic carbocycles. The third-order valence-electron chi connectivity index (χ3n) is 5.32. The molecule has 0 aliphatic carbocycles. The van der Waals surface area contributed by atoms with Crippen molar-refractivity contribution in [3.63, 3.8) is 0 Å². The minimum Gasteiger partial charge on any atom is -0.358 e. The molecule has 0 unspecified atom stereocenters. The first-order valence-electron chi connectivity index (χ1n) is 8.34. The number of hydrogen-bond donors (Lipinski definition) is 1. The fourth-order valence-corrected chi connectivity index (χ4v) is 3.55. The van der Waals surface area contributed by atoms with Crippen molar-refractivity contribution in [3.05, 3.63) is 44.7 Å². The van der Waals surface area contributed by atoms with Crippen molar-refractivity contribution in [1.82, 2.24) is 9.88 Å². The van der Waals surface area contributed by atoms with Crippen LogP contribution in [0.15, 0.2) is 16.9 Å². The molecule has 3 heteroatoms. The summed E-state index contributed by atoms with van der Waals surface area (Å²) in [6.45, 7) is 10.4. The molecule has 1 atom stereocenters. The Bertz CT molecular complexity index is 760. The number of H-pyrrole nitrogens is 1. The van der Waals surface area contributed by atoms with E-state index in [2.05, 4.69) is 36.7 Å². The number of hydrogen-bond acceptors (Lipinski definition) is 2. The summed E-state index contributed by atoms with van der Waals surface area (Å²) in [7, 11) is 0. The Kier molecular flexibility index (Phi) is 4.09. The Balaban J connectivity index is 2.07. The Morgan fingerprint density at radius 2 is 2.00 bits per heavy atom. The molecule has 0 amide bonds. The van der Waals surface area contributed by atoms with Crippen LogP contribution in [0.3, 0.4) is 0 Å². The number of aromatic amines is 1. The molecule has 0 saturated carbocycles. The van der Waals surface area contributed by atoms with Crippen LogP contribution in [0.1, 0.15) is 48.6 Å². The highest BCUT2D eigenvalue weighted by Crippen LogP contribution is 2.22. The molecule has 118 valence electrons. The molecule has 0 spiro atoms. The number of aromatic nitrogens is 1. The van der Waals surface area contributed by atoms with E-state index < -0.39 is 0 Å². The second-order valence-corrected chi connectivity index (χ2v) is 6.80. The molecule has 22 heavy (non-hydrogen) atoms. The van der Waals surface area contributed by atoms with Crippen LogP contribution in [0.4, 0.5) is 0 Å². The third-order valence-corrected chi connectivity index (χ3v) is 5.32. The van der Waals surface area contributed by atoms with Gasteiger partial charge in [0.05, 0.1) is 5.52 Å². The Labute approximate surface area is 132 Å². The second-order valence-electron chi connectivity index (χ2n) is 6.80. The van der Waals surface area contributed by atoms with Gasteiger partial charge < -0.3 is 4.98 Å². The Morgan fingerprint density at radius 1 is 1.23 bits per heavy atom. The van der Waals surface area contributed by atoms with Crippen molar-refractivity contribution in [2.45, 2.75) is 59.5 Å². The summed E-state index contributed by atoms with van der Waals surface area (Å²) in [6, 6.07) is 4.59. The molecular formula is C19H26N2O. The van der Waals surface area contributed by atoms with Crippen LogP contribution in [0, 0.1) is 20.8 Å². The fourth-order valence-electron chi connectivity index (χ4n) is 3.55. The molecule has 3 rings (SSSR count). The number of pyridine rings is 1. The van der Waals surface area contributed by atoms with Gasteiger partial charge in [-0.1, -0.05) is 12.5 Å². The van der Waals surface area contributed by atoms with Gasteiger partial charge in [-0.3, -0.25) is 9.69 Å². The Morgan fingerprint density at radius 3 is 2.73 bits per heavy atom. The normalized spacial score (nSPS) is 19.7. The lowest BCUT2D eigenvalue weighted by Crippen LogP contribution is -2.38. The highest BCUT2D eigenvalue weighted by molar-refractivity contribution is 5.83. The highest BCUT2D eigenvalue weighted by Gasteiger charge is 2.21. The molecule has 1 N–H and O–H groups in total. The summed E-state index contributed by atoms with van der Waals surface area (Å²) in [4.78, 5) is 18.9.